The molecule has 2 rings (SSSR count). The number of hydrogen-bond donors (Lipinski definition) is 1. The zero-order valence-corrected chi connectivity index (χ0v) is 10.7. The standard InChI is InChI=1S/C11H18N2O3S/c1-8(12)5-10-6-13-11(16-10)9-3-2-4-17(14,15)7-9/h6,8-9H,2-5,7,12H2,1H3. The van der Waals surface area contributed by atoms with E-state index >= 15 is 0 Å². The molecule has 2 N–H and O–H groups in total. The molecule has 6 heteroatoms. The molecule has 2 heterocycles. The highest BCUT2D eigenvalue weighted by Crippen LogP contribution is 2.28. The summed E-state index contributed by atoms with van der Waals surface area (Å²) in [5.74, 6) is 1.64. The van der Waals surface area contributed by atoms with E-state index in [-0.39, 0.29) is 23.5 Å². The molecule has 1 fully saturated rings. The van der Waals surface area contributed by atoms with Crippen LogP contribution < -0.4 is 5.73 Å². The lowest BCUT2D eigenvalue weighted by molar-refractivity contribution is 0.404. The molecule has 0 amide bonds. The molecule has 0 saturated carbocycles. The van der Waals surface area contributed by atoms with Gasteiger partial charge in [0.05, 0.1) is 17.7 Å². The second kappa shape index (κ2) is 4.78. The average molecular weight is 258 g/mol. The van der Waals surface area contributed by atoms with Crippen molar-refractivity contribution in [3.05, 3.63) is 17.8 Å². The van der Waals surface area contributed by atoms with E-state index in [1.807, 2.05) is 6.92 Å². The molecule has 1 aliphatic heterocycles. The fourth-order valence-electron chi connectivity index (χ4n) is 2.14. The van der Waals surface area contributed by atoms with Crippen molar-refractivity contribution in [2.45, 2.75) is 38.1 Å². The highest BCUT2D eigenvalue weighted by Gasteiger charge is 2.29. The van der Waals surface area contributed by atoms with Gasteiger partial charge in [-0.1, -0.05) is 0 Å². The lowest BCUT2D eigenvalue weighted by atomic mass is 10.1. The van der Waals surface area contributed by atoms with E-state index in [0.29, 0.717) is 18.7 Å². The van der Waals surface area contributed by atoms with E-state index < -0.39 is 9.84 Å². The normalized spacial score (nSPS) is 25.6. The first-order valence-corrected chi connectivity index (χ1v) is 7.69. The molecule has 0 aromatic carbocycles. The van der Waals surface area contributed by atoms with E-state index in [2.05, 4.69) is 4.98 Å². The Hall–Kier alpha value is -0.880. The fraction of sp³-hybridized carbons (Fsp3) is 0.727. The molecule has 96 valence electrons. The molecule has 0 spiro atoms. The second-order valence-corrected chi connectivity index (χ2v) is 7.03. The SMILES string of the molecule is CC(N)Cc1cnc(C2CCCS(=O)(=O)C2)o1. The highest BCUT2D eigenvalue weighted by molar-refractivity contribution is 7.91. The van der Waals surface area contributed by atoms with Gasteiger partial charge in [-0.05, 0) is 19.8 Å². The van der Waals surface area contributed by atoms with Gasteiger partial charge in [0, 0.05) is 18.4 Å². The van der Waals surface area contributed by atoms with Gasteiger partial charge in [-0.15, -0.1) is 0 Å². The minimum absolute atomic E-state index is 0.0193. The van der Waals surface area contributed by atoms with E-state index in [1.54, 1.807) is 6.20 Å². The molecular formula is C11H18N2O3S. The van der Waals surface area contributed by atoms with Crippen molar-refractivity contribution < 1.29 is 12.8 Å². The Morgan fingerprint density at radius 1 is 1.65 bits per heavy atom. The van der Waals surface area contributed by atoms with Crippen LogP contribution in [0.15, 0.2) is 10.6 Å². The largest absolute Gasteiger partial charge is 0.445 e. The number of oxazole rings is 1. The Bertz CT molecular complexity index is 479. The van der Waals surface area contributed by atoms with Crippen molar-refractivity contribution in [1.29, 1.82) is 0 Å². The molecule has 1 saturated heterocycles. The van der Waals surface area contributed by atoms with Gasteiger partial charge in [0.15, 0.2) is 15.7 Å². The van der Waals surface area contributed by atoms with Crippen LogP contribution in [0, 0.1) is 0 Å². The van der Waals surface area contributed by atoms with Crippen molar-refractivity contribution in [1.82, 2.24) is 4.98 Å². The number of nitrogens with zero attached hydrogens (tertiary/aromatic N) is 1. The van der Waals surface area contributed by atoms with Crippen molar-refractivity contribution >= 4 is 9.84 Å². The topological polar surface area (TPSA) is 86.2 Å². The van der Waals surface area contributed by atoms with Crippen LogP contribution in [-0.4, -0.2) is 30.9 Å². The van der Waals surface area contributed by atoms with Gasteiger partial charge < -0.3 is 10.2 Å². The third kappa shape index (κ3) is 3.29. The van der Waals surface area contributed by atoms with Gasteiger partial charge in [-0.2, -0.15) is 0 Å². The van der Waals surface area contributed by atoms with E-state index in [0.717, 1.165) is 12.2 Å². The third-order valence-corrected chi connectivity index (χ3v) is 4.73. The maximum absolute atomic E-state index is 11.5. The number of hydrogen-bond acceptors (Lipinski definition) is 5. The third-order valence-electron chi connectivity index (χ3n) is 2.91. The van der Waals surface area contributed by atoms with Crippen LogP contribution >= 0.6 is 0 Å². The second-order valence-electron chi connectivity index (χ2n) is 4.80. The van der Waals surface area contributed by atoms with E-state index in [9.17, 15) is 8.42 Å². The zero-order valence-electron chi connectivity index (χ0n) is 9.93. The van der Waals surface area contributed by atoms with E-state index in [4.69, 9.17) is 10.2 Å². The first-order chi connectivity index (χ1) is 7.96. The summed E-state index contributed by atoms with van der Waals surface area (Å²) in [7, 11) is -2.92. The van der Waals surface area contributed by atoms with Crippen molar-refractivity contribution in [2.24, 2.45) is 5.73 Å². The summed E-state index contributed by atoms with van der Waals surface area (Å²) in [6.07, 6.45) is 3.81. The quantitative estimate of drug-likeness (QED) is 0.868. The molecule has 0 radical (unpaired) electrons. The Labute approximate surface area is 101 Å². The smallest absolute Gasteiger partial charge is 0.198 e. The fourth-order valence-corrected chi connectivity index (χ4v) is 3.84. The van der Waals surface area contributed by atoms with Crippen LogP contribution in [0.25, 0.3) is 0 Å². The summed E-state index contributed by atoms with van der Waals surface area (Å²) in [6.45, 7) is 1.90. The first-order valence-electron chi connectivity index (χ1n) is 5.87. The van der Waals surface area contributed by atoms with Crippen LogP contribution in [-0.2, 0) is 16.3 Å². The van der Waals surface area contributed by atoms with Crippen molar-refractivity contribution in [3.8, 4) is 0 Å². The summed E-state index contributed by atoms with van der Waals surface area (Å²) in [4.78, 5) is 4.17. The summed E-state index contributed by atoms with van der Waals surface area (Å²) in [6, 6.07) is 0.0193. The Kier molecular flexibility index (Phi) is 3.53. The predicted molar refractivity (Wildman–Crippen MR) is 64.5 cm³/mol. The van der Waals surface area contributed by atoms with Gasteiger partial charge in [0.2, 0.25) is 0 Å². The maximum atomic E-state index is 11.5. The molecular weight excluding hydrogens is 240 g/mol. The van der Waals surface area contributed by atoms with Crippen LogP contribution in [0.4, 0.5) is 0 Å². The molecule has 1 aromatic rings. The first kappa shape index (κ1) is 12.6. The monoisotopic (exact) mass is 258 g/mol. The van der Waals surface area contributed by atoms with Gasteiger partial charge >= 0.3 is 0 Å². The number of rotatable bonds is 3. The lowest BCUT2D eigenvalue weighted by Gasteiger charge is -2.18. The Morgan fingerprint density at radius 2 is 2.41 bits per heavy atom. The van der Waals surface area contributed by atoms with Crippen LogP contribution in [0.2, 0.25) is 0 Å². The average Bonchev–Trinajstić information content (AvgIpc) is 2.63. The number of aromatic nitrogens is 1. The summed E-state index contributed by atoms with van der Waals surface area (Å²) < 4.78 is 28.6. The maximum Gasteiger partial charge on any atom is 0.198 e. The lowest BCUT2D eigenvalue weighted by Crippen LogP contribution is -2.23. The Balaban J connectivity index is 2.09. The van der Waals surface area contributed by atoms with Gasteiger partial charge in [0.25, 0.3) is 0 Å². The summed E-state index contributed by atoms with van der Waals surface area (Å²) >= 11 is 0. The zero-order chi connectivity index (χ0) is 12.5. The predicted octanol–water partition coefficient (Wildman–Crippen LogP) is 0.857. The number of nitrogens with two attached hydrogens (primary N) is 1. The molecule has 1 aromatic heterocycles. The summed E-state index contributed by atoms with van der Waals surface area (Å²) in [5.41, 5.74) is 5.67. The molecule has 2 unspecified atom stereocenters. The van der Waals surface area contributed by atoms with Crippen molar-refractivity contribution in [2.75, 3.05) is 11.5 Å². The van der Waals surface area contributed by atoms with Gasteiger partial charge in [0.1, 0.15) is 5.76 Å². The van der Waals surface area contributed by atoms with Crippen molar-refractivity contribution in [3.63, 3.8) is 0 Å². The number of sulfone groups is 1. The molecule has 0 bridgehead atoms. The van der Waals surface area contributed by atoms with Crippen LogP contribution in [0.3, 0.4) is 0 Å². The molecule has 2 atom stereocenters. The molecule has 17 heavy (non-hydrogen) atoms. The highest BCUT2D eigenvalue weighted by atomic mass is 32.2. The van der Waals surface area contributed by atoms with Crippen LogP contribution in [0.5, 0.6) is 0 Å². The molecule has 0 aliphatic carbocycles. The summed E-state index contributed by atoms with van der Waals surface area (Å²) in [5, 5.41) is 0. The van der Waals surface area contributed by atoms with Crippen LogP contribution in [0.1, 0.15) is 37.3 Å². The minimum atomic E-state index is -2.92. The van der Waals surface area contributed by atoms with Gasteiger partial charge in [-0.25, -0.2) is 13.4 Å². The van der Waals surface area contributed by atoms with Gasteiger partial charge in [-0.3, -0.25) is 0 Å². The Morgan fingerprint density at radius 3 is 3.06 bits per heavy atom. The minimum Gasteiger partial charge on any atom is -0.445 e. The molecule has 1 aliphatic rings. The molecule has 5 nitrogen and oxygen atoms in total. The van der Waals surface area contributed by atoms with E-state index in [1.165, 1.54) is 0 Å².